The predicted octanol–water partition coefficient (Wildman–Crippen LogP) is 2.41. The lowest BCUT2D eigenvalue weighted by atomic mass is 9.86. The van der Waals surface area contributed by atoms with Crippen molar-refractivity contribution < 1.29 is 33.4 Å². The summed E-state index contributed by atoms with van der Waals surface area (Å²) in [5, 5.41) is 14.5. The number of morpholine rings is 1. The van der Waals surface area contributed by atoms with Crippen LogP contribution in [0.4, 0.5) is 9.18 Å². The first-order valence-electron chi connectivity index (χ1n) is 11.5. The molecule has 2 aromatic rings. The second-order valence-corrected chi connectivity index (χ2v) is 8.49. The lowest BCUT2D eigenvalue weighted by molar-refractivity contribution is -0.0247. The summed E-state index contributed by atoms with van der Waals surface area (Å²) in [7, 11) is 1.47. The minimum Gasteiger partial charge on any atom is -0.486 e. The number of nitrogens with one attached hydrogen (secondary N) is 2. The van der Waals surface area contributed by atoms with Crippen LogP contribution in [0.15, 0.2) is 42.5 Å². The van der Waals surface area contributed by atoms with E-state index in [1.807, 2.05) is 30.3 Å². The van der Waals surface area contributed by atoms with Crippen LogP contribution in [0, 0.1) is 0 Å². The zero-order chi connectivity index (χ0) is 24.9. The normalized spacial score (nSPS) is 21.1. The van der Waals surface area contributed by atoms with Crippen molar-refractivity contribution in [1.82, 2.24) is 15.5 Å². The average molecular weight is 486 g/mol. The molecule has 0 saturated carbocycles. The largest absolute Gasteiger partial charge is 0.486 e. The Hall–Kier alpha value is -3.66. The molecule has 2 aromatic carbocycles. The van der Waals surface area contributed by atoms with Crippen LogP contribution in [-0.2, 0) is 4.74 Å². The fourth-order valence-electron chi connectivity index (χ4n) is 4.56. The zero-order valence-corrected chi connectivity index (χ0v) is 19.3. The van der Waals surface area contributed by atoms with Gasteiger partial charge in [-0.1, -0.05) is 30.3 Å². The van der Waals surface area contributed by atoms with Crippen molar-refractivity contribution in [2.24, 2.45) is 0 Å². The molecular formula is C25H28FN3O6. The van der Waals surface area contributed by atoms with Crippen LogP contribution in [0.1, 0.15) is 44.2 Å². The average Bonchev–Trinajstić information content (AvgIpc) is 3.27. The molecule has 2 aliphatic rings. The third kappa shape index (κ3) is 5.22. The van der Waals surface area contributed by atoms with E-state index in [1.54, 1.807) is 6.07 Å². The number of nitrogens with zero attached hydrogens (tertiary/aromatic N) is 1. The van der Waals surface area contributed by atoms with Gasteiger partial charge in [-0.3, -0.25) is 9.59 Å². The Morgan fingerprint density at radius 1 is 1.17 bits per heavy atom. The summed E-state index contributed by atoms with van der Waals surface area (Å²) in [6.45, 7) is 0.375. The van der Waals surface area contributed by atoms with E-state index in [-0.39, 0.29) is 36.1 Å². The van der Waals surface area contributed by atoms with E-state index in [4.69, 9.17) is 14.6 Å². The predicted molar refractivity (Wildman–Crippen MR) is 125 cm³/mol. The van der Waals surface area contributed by atoms with Gasteiger partial charge in [0, 0.05) is 31.3 Å². The molecule has 2 heterocycles. The molecule has 0 spiro atoms. The monoisotopic (exact) mass is 485 g/mol. The molecule has 2 aliphatic heterocycles. The number of rotatable bonds is 7. The Balaban J connectivity index is 1.55. The number of carbonyl (C=O) groups is 3. The summed E-state index contributed by atoms with van der Waals surface area (Å²) in [4.78, 5) is 38.1. The Morgan fingerprint density at radius 3 is 2.63 bits per heavy atom. The minimum atomic E-state index is -0.996. The molecule has 0 radical (unpaired) electrons. The lowest BCUT2D eigenvalue weighted by Crippen LogP contribution is -2.46. The number of hydrogen-bond acceptors (Lipinski definition) is 5. The fourth-order valence-corrected chi connectivity index (χ4v) is 4.56. The van der Waals surface area contributed by atoms with Gasteiger partial charge in [0.25, 0.3) is 11.8 Å². The van der Waals surface area contributed by atoms with Gasteiger partial charge in [0.1, 0.15) is 18.5 Å². The maximum atomic E-state index is 13.9. The summed E-state index contributed by atoms with van der Waals surface area (Å²) in [6.07, 6.45) is -1.69. The van der Waals surface area contributed by atoms with Crippen molar-refractivity contribution >= 4 is 17.9 Å². The van der Waals surface area contributed by atoms with E-state index in [0.717, 1.165) is 5.56 Å². The van der Waals surface area contributed by atoms with Crippen molar-refractivity contribution in [2.75, 3.05) is 40.0 Å². The van der Waals surface area contributed by atoms with Crippen LogP contribution in [0.25, 0.3) is 0 Å². The smallest absolute Gasteiger partial charge is 0.407 e. The van der Waals surface area contributed by atoms with Gasteiger partial charge in [-0.25, -0.2) is 9.18 Å². The highest BCUT2D eigenvalue weighted by Gasteiger charge is 2.39. The molecule has 9 nitrogen and oxygen atoms in total. The van der Waals surface area contributed by atoms with Gasteiger partial charge in [-0.05, 0) is 24.1 Å². The maximum Gasteiger partial charge on any atom is 0.407 e. The SMILES string of the molecule is CNC(=O)c1cc(C(=O)NCCC2CN(C(=O)O)CCO2)cc2c1O[C@H](CF)[C@H]2c1ccccc1. The highest BCUT2D eigenvalue weighted by molar-refractivity contribution is 6.02. The van der Waals surface area contributed by atoms with Crippen molar-refractivity contribution in [3.05, 3.63) is 64.7 Å². The first-order chi connectivity index (χ1) is 16.9. The molecule has 3 atom stereocenters. The Morgan fingerprint density at radius 2 is 1.94 bits per heavy atom. The fraction of sp³-hybridized carbons (Fsp3) is 0.400. The van der Waals surface area contributed by atoms with Gasteiger partial charge in [0.05, 0.1) is 30.7 Å². The van der Waals surface area contributed by atoms with Crippen LogP contribution < -0.4 is 15.4 Å². The number of ether oxygens (including phenoxy) is 2. The Labute approximate surface area is 202 Å². The number of fused-ring (bicyclic) bond motifs is 1. The third-order valence-electron chi connectivity index (χ3n) is 6.30. The summed E-state index contributed by atoms with van der Waals surface area (Å²) >= 11 is 0. The minimum absolute atomic E-state index is 0.166. The lowest BCUT2D eigenvalue weighted by Gasteiger charge is -2.31. The van der Waals surface area contributed by atoms with Crippen LogP contribution in [0.5, 0.6) is 5.75 Å². The number of halogens is 1. The molecule has 35 heavy (non-hydrogen) atoms. The van der Waals surface area contributed by atoms with Gasteiger partial charge in [0.2, 0.25) is 0 Å². The Bertz CT molecular complexity index is 1100. The second kappa shape index (κ2) is 10.7. The first-order valence-corrected chi connectivity index (χ1v) is 11.5. The molecule has 0 aliphatic carbocycles. The molecule has 10 heteroatoms. The van der Waals surface area contributed by atoms with Crippen LogP contribution >= 0.6 is 0 Å². The molecule has 0 aromatic heterocycles. The third-order valence-corrected chi connectivity index (χ3v) is 6.30. The molecule has 1 saturated heterocycles. The number of carbonyl (C=O) groups excluding carboxylic acids is 2. The highest BCUT2D eigenvalue weighted by atomic mass is 19.1. The molecule has 3 N–H and O–H groups in total. The number of alkyl halides is 1. The van der Waals surface area contributed by atoms with E-state index in [9.17, 15) is 18.8 Å². The topological polar surface area (TPSA) is 117 Å². The molecule has 3 amide bonds. The van der Waals surface area contributed by atoms with Gasteiger partial charge in [-0.2, -0.15) is 0 Å². The van der Waals surface area contributed by atoms with Gasteiger partial charge in [-0.15, -0.1) is 0 Å². The van der Waals surface area contributed by atoms with E-state index >= 15 is 0 Å². The van der Waals surface area contributed by atoms with Crippen molar-refractivity contribution in [3.63, 3.8) is 0 Å². The van der Waals surface area contributed by atoms with Gasteiger partial charge >= 0.3 is 6.09 Å². The van der Waals surface area contributed by atoms with Crippen LogP contribution in [0.3, 0.4) is 0 Å². The summed E-state index contributed by atoms with van der Waals surface area (Å²) in [5.41, 5.74) is 1.83. The maximum absolute atomic E-state index is 13.9. The first kappa shape index (κ1) is 24.5. The van der Waals surface area contributed by atoms with Gasteiger partial charge < -0.3 is 30.1 Å². The van der Waals surface area contributed by atoms with Crippen LogP contribution in [0.2, 0.25) is 0 Å². The molecule has 1 unspecified atom stereocenters. The number of benzene rings is 2. The molecule has 1 fully saturated rings. The molecule has 4 rings (SSSR count). The van der Waals surface area contributed by atoms with Gasteiger partial charge in [0.15, 0.2) is 0 Å². The highest BCUT2D eigenvalue weighted by Crippen LogP contribution is 2.45. The number of hydrogen-bond donors (Lipinski definition) is 3. The number of carboxylic acid groups (broad SMARTS) is 1. The van der Waals surface area contributed by atoms with E-state index in [1.165, 1.54) is 18.0 Å². The second-order valence-electron chi connectivity index (χ2n) is 8.49. The van der Waals surface area contributed by atoms with E-state index < -0.39 is 36.6 Å². The van der Waals surface area contributed by atoms with E-state index in [0.29, 0.717) is 25.1 Å². The number of amides is 3. The van der Waals surface area contributed by atoms with Crippen LogP contribution in [-0.4, -0.2) is 80.1 Å². The van der Waals surface area contributed by atoms with Crippen molar-refractivity contribution in [2.45, 2.75) is 24.5 Å². The van der Waals surface area contributed by atoms with E-state index in [2.05, 4.69) is 10.6 Å². The standard InChI is InChI=1S/C25H28FN3O6/c1-27-24(31)19-12-16(23(30)28-8-7-17-14-29(25(32)33)9-10-34-17)11-18-21(15-5-3-2-4-6-15)20(13-26)35-22(18)19/h2-6,11-12,17,20-21H,7-10,13-14H2,1H3,(H,27,31)(H,28,30)(H,32,33)/t17?,20-,21+/m1/s1. The van der Waals surface area contributed by atoms with Crippen molar-refractivity contribution in [1.29, 1.82) is 0 Å². The zero-order valence-electron chi connectivity index (χ0n) is 19.3. The van der Waals surface area contributed by atoms with Crippen molar-refractivity contribution in [3.8, 4) is 5.75 Å². The molecule has 0 bridgehead atoms. The summed E-state index contributed by atoms with van der Waals surface area (Å²) in [6, 6.07) is 12.4. The molecule has 186 valence electrons. The summed E-state index contributed by atoms with van der Waals surface area (Å²) in [5.74, 6) is -1.03. The molecular weight excluding hydrogens is 457 g/mol. The Kier molecular flexibility index (Phi) is 7.50. The quantitative estimate of drug-likeness (QED) is 0.555. The summed E-state index contributed by atoms with van der Waals surface area (Å²) < 4.78 is 25.4.